The molecule has 0 saturated carbocycles. The van der Waals surface area contributed by atoms with Crippen molar-refractivity contribution >= 4 is 39.1 Å². The lowest BCUT2D eigenvalue weighted by Crippen LogP contribution is -2.44. The van der Waals surface area contributed by atoms with Crippen LogP contribution in [-0.2, 0) is 27.0 Å². The van der Waals surface area contributed by atoms with Crippen molar-refractivity contribution in [2.24, 2.45) is 5.92 Å². The Morgan fingerprint density at radius 3 is 2.39 bits per heavy atom. The molecule has 1 atom stereocenters. The van der Waals surface area contributed by atoms with Gasteiger partial charge in [-0.1, -0.05) is 53.5 Å². The number of piperidine rings is 1. The van der Waals surface area contributed by atoms with Crippen molar-refractivity contribution in [1.82, 2.24) is 9.62 Å². The van der Waals surface area contributed by atoms with Crippen LogP contribution in [0.2, 0.25) is 10.0 Å². The first kappa shape index (κ1) is 22.6. The Kier molecular flexibility index (Phi) is 6.92. The maximum atomic E-state index is 12.9. The van der Waals surface area contributed by atoms with E-state index in [-0.39, 0.29) is 23.6 Å². The number of sulfonamides is 1. The fourth-order valence-corrected chi connectivity index (χ4v) is 6.85. The number of amides is 1. The molecular weight excluding hydrogens is 455 g/mol. The van der Waals surface area contributed by atoms with Crippen LogP contribution in [0, 0.1) is 5.92 Å². The number of carbonyl (C=O) groups is 1. The number of hydrogen-bond donors (Lipinski definition) is 1. The second-order valence-electron chi connectivity index (χ2n) is 8.28. The van der Waals surface area contributed by atoms with E-state index in [2.05, 4.69) is 17.4 Å². The third-order valence-electron chi connectivity index (χ3n) is 6.29. The third-order valence-corrected chi connectivity index (χ3v) is 8.81. The summed E-state index contributed by atoms with van der Waals surface area (Å²) in [4.78, 5) is 12.9. The summed E-state index contributed by atoms with van der Waals surface area (Å²) in [7, 11) is -3.56. The molecule has 1 N–H and O–H groups in total. The van der Waals surface area contributed by atoms with Gasteiger partial charge in [0, 0.05) is 34.6 Å². The summed E-state index contributed by atoms with van der Waals surface area (Å²) in [5, 5.41) is 3.90. The predicted molar refractivity (Wildman–Crippen MR) is 124 cm³/mol. The Balaban J connectivity index is 1.36. The van der Waals surface area contributed by atoms with Gasteiger partial charge >= 0.3 is 0 Å². The van der Waals surface area contributed by atoms with Crippen LogP contribution in [0.15, 0.2) is 42.5 Å². The van der Waals surface area contributed by atoms with Crippen molar-refractivity contribution in [3.63, 3.8) is 0 Å². The number of carbonyl (C=O) groups excluding carboxylic acids is 1. The van der Waals surface area contributed by atoms with Crippen molar-refractivity contribution < 1.29 is 13.2 Å². The largest absolute Gasteiger partial charge is 0.349 e. The Hall–Kier alpha value is -1.60. The molecule has 31 heavy (non-hydrogen) atoms. The first-order valence-electron chi connectivity index (χ1n) is 10.6. The summed E-state index contributed by atoms with van der Waals surface area (Å²) in [6.07, 6.45) is 4.07. The van der Waals surface area contributed by atoms with E-state index < -0.39 is 10.0 Å². The maximum absolute atomic E-state index is 12.9. The van der Waals surface area contributed by atoms with Crippen LogP contribution in [0.5, 0.6) is 0 Å². The van der Waals surface area contributed by atoms with Crippen molar-refractivity contribution in [2.75, 3.05) is 13.1 Å². The van der Waals surface area contributed by atoms with Crippen LogP contribution in [-0.4, -0.2) is 31.7 Å². The van der Waals surface area contributed by atoms with Crippen LogP contribution >= 0.6 is 23.2 Å². The van der Waals surface area contributed by atoms with E-state index in [4.69, 9.17) is 23.2 Å². The topological polar surface area (TPSA) is 66.5 Å². The second-order valence-corrected chi connectivity index (χ2v) is 11.1. The summed E-state index contributed by atoms with van der Waals surface area (Å²) < 4.78 is 27.2. The third kappa shape index (κ3) is 5.08. The minimum absolute atomic E-state index is 0.0212. The van der Waals surface area contributed by atoms with Gasteiger partial charge in [0.1, 0.15) is 0 Å². The highest BCUT2D eigenvalue weighted by molar-refractivity contribution is 7.88. The van der Waals surface area contributed by atoms with Gasteiger partial charge < -0.3 is 5.32 Å². The molecule has 0 spiro atoms. The van der Waals surface area contributed by atoms with Crippen LogP contribution in [0.4, 0.5) is 0 Å². The number of nitrogens with zero attached hydrogens (tertiary/aromatic N) is 1. The Labute approximate surface area is 193 Å². The molecule has 1 aliphatic carbocycles. The Morgan fingerprint density at radius 2 is 1.68 bits per heavy atom. The minimum atomic E-state index is -3.56. The van der Waals surface area contributed by atoms with Crippen molar-refractivity contribution in [2.45, 2.75) is 43.9 Å². The fraction of sp³-hybridized carbons (Fsp3) is 0.435. The number of rotatable bonds is 5. The van der Waals surface area contributed by atoms with E-state index in [0.717, 1.165) is 19.3 Å². The van der Waals surface area contributed by atoms with Gasteiger partial charge in [0.05, 0.1) is 11.8 Å². The molecule has 0 bridgehead atoms. The molecule has 0 aromatic heterocycles. The molecule has 1 saturated heterocycles. The van der Waals surface area contributed by atoms with Gasteiger partial charge in [0.2, 0.25) is 15.9 Å². The molecule has 1 amide bonds. The lowest BCUT2D eigenvalue weighted by atomic mass is 9.87. The number of benzene rings is 2. The zero-order valence-corrected chi connectivity index (χ0v) is 19.5. The van der Waals surface area contributed by atoms with Gasteiger partial charge in [-0.2, -0.15) is 0 Å². The summed E-state index contributed by atoms with van der Waals surface area (Å²) >= 11 is 12.3. The first-order valence-corrected chi connectivity index (χ1v) is 13.0. The van der Waals surface area contributed by atoms with Crippen LogP contribution in [0.25, 0.3) is 0 Å². The van der Waals surface area contributed by atoms with E-state index in [1.54, 1.807) is 18.2 Å². The van der Waals surface area contributed by atoms with Gasteiger partial charge in [-0.3, -0.25) is 4.79 Å². The molecule has 0 radical (unpaired) electrons. The smallest absolute Gasteiger partial charge is 0.223 e. The van der Waals surface area contributed by atoms with E-state index >= 15 is 0 Å². The zero-order chi connectivity index (χ0) is 22.0. The first-order chi connectivity index (χ1) is 14.8. The average Bonchev–Trinajstić information content (AvgIpc) is 2.77. The number of nitrogens with one attached hydrogen (secondary N) is 1. The summed E-state index contributed by atoms with van der Waals surface area (Å²) in [6, 6.07) is 13.3. The van der Waals surface area contributed by atoms with Crippen LogP contribution < -0.4 is 5.32 Å². The lowest BCUT2D eigenvalue weighted by molar-refractivity contribution is -0.127. The maximum Gasteiger partial charge on any atom is 0.223 e. The molecule has 2 aromatic carbocycles. The number of halogens is 2. The second kappa shape index (κ2) is 9.49. The van der Waals surface area contributed by atoms with Crippen molar-refractivity contribution in [3.05, 3.63) is 69.2 Å². The molecule has 2 aromatic rings. The highest BCUT2D eigenvalue weighted by Crippen LogP contribution is 2.31. The van der Waals surface area contributed by atoms with Crippen LogP contribution in [0.3, 0.4) is 0 Å². The van der Waals surface area contributed by atoms with E-state index in [1.165, 1.54) is 15.4 Å². The standard InChI is InChI=1S/C23H26Cl2N2O3S/c24-20-8-4-9-21(25)19(20)15-31(29,30)27-13-11-17(12-14-27)23(28)26-22-10-3-6-16-5-1-2-7-18(16)22/h1-2,4-5,7-9,17,22H,3,6,10-15H2,(H,26,28)/t22-/m1/s1. The van der Waals surface area contributed by atoms with Crippen molar-refractivity contribution in [1.29, 1.82) is 0 Å². The number of aryl methyl sites for hydroxylation is 1. The molecule has 1 fully saturated rings. The van der Waals surface area contributed by atoms with Crippen molar-refractivity contribution in [3.8, 4) is 0 Å². The minimum Gasteiger partial charge on any atom is -0.349 e. The van der Waals surface area contributed by atoms with Crippen LogP contribution in [0.1, 0.15) is 48.4 Å². The molecule has 8 heteroatoms. The molecule has 1 heterocycles. The molecule has 1 aliphatic heterocycles. The van der Waals surface area contributed by atoms with Gasteiger partial charge in [-0.25, -0.2) is 12.7 Å². The molecule has 4 rings (SSSR count). The van der Waals surface area contributed by atoms with Gasteiger partial charge in [-0.05, 0) is 55.4 Å². The molecule has 5 nitrogen and oxygen atoms in total. The van der Waals surface area contributed by atoms with E-state index in [1.807, 2.05) is 12.1 Å². The lowest BCUT2D eigenvalue weighted by Gasteiger charge is -2.33. The quantitative estimate of drug-likeness (QED) is 0.672. The summed E-state index contributed by atoms with van der Waals surface area (Å²) in [6.45, 7) is 0.646. The number of fused-ring (bicyclic) bond motifs is 1. The SMILES string of the molecule is O=C(N[C@@H]1CCCc2ccccc21)C1CCN(S(=O)(=O)Cc2c(Cl)cccc2Cl)CC1. The van der Waals surface area contributed by atoms with Gasteiger partial charge in [-0.15, -0.1) is 0 Å². The number of hydrogen-bond acceptors (Lipinski definition) is 3. The molecule has 166 valence electrons. The van der Waals surface area contributed by atoms with Gasteiger partial charge in [0.15, 0.2) is 0 Å². The zero-order valence-electron chi connectivity index (χ0n) is 17.2. The Bertz CT molecular complexity index is 1050. The fourth-order valence-electron chi connectivity index (χ4n) is 4.53. The van der Waals surface area contributed by atoms with E-state index in [0.29, 0.717) is 41.5 Å². The summed E-state index contributed by atoms with van der Waals surface area (Å²) in [5.74, 6) is -0.390. The highest BCUT2D eigenvalue weighted by atomic mass is 35.5. The summed E-state index contributed by atoms with van der Waals surface area (Å²) in [5.41, 5.74) is 2.93. The average molecular weight is 481 g/mol. The monoisotopic (exact) mass is 480 g/mol. The normalized spacial score (nSPS) is 20.3. The van der Waals surface area contributed by atoms with Gasteiger partial charge in [0.25, 0.3) is 0 Å². The molecule has 2 aliphatic rings. The molecule has 0 unspecified atom stereocenters. The highest BCUT2D eigenvalue weighted by Gasteiger charge is 2.33. The predicted octanol–water partition coefficient (Wildman–Crippen LogP) is 4.73. The molecular formula is C23H26Cl2N2O3S. The Morgan fingerprint density at radius 1 is 1.00 bits per heavy atom. The van der Waals surface area contributed by atoms with E-state index in [9.17, 15) is 13.2 Å².